The number of methoxy groups -OCH3 is 2. The molecule has 4 nitrogen and oxygen atoms in total. The zero-order valence-corrected chi connectivity index (χ0v) is 13.2. The molecule has 0 aromatic heterocycles. The van der Waals surface area contributed by atoms with E-state index in [0.717, 1.165) is 11.5 Å². The maximum absolute atomic E-state index is 12.2. The summed E-state index contributed by atoms with van der Waals surface area (Å²) in [4.78, 5) is 24.3. The summed E-state index contributed by atoms with van der Waals surface area (Å²) in [6.07, 6.45) is 2.23. The first kappa shape index (κ1) is 15.0. The average molecular weight is 304 g/mol. The minimum atomic E-state index is -1.11. The molecule has 6 heteroatoms. The standard InChI is InChI=1S/C13H20O4S2/c1-9-7-12(10(14)16-2,11(15)17-3)8-13(9)18-5-4-6-19-13/h9H,4-8H2,1-3H3. The van der Waals surface area contributed by atoms with Crippen LogP contribution in [0.5, 0.6) is 0 Å². The van der Waals surface area contributed by atoms with E-state index in [0.29, 0.717) is 18.8 Å². The van der Waals surface area contributed by atoms with E-state index in [1.165, 1.54) is 20.6 Å². The van der Waals surface area contributed by atoms with Crippen LogP contribution in [0.1, 0.15) is 26.2 Å². The predicted octanol–water partition coefficient (Wildman–Crippen LogP) is 2.32. The molecule has 1 saturated carbocycles. The van der Waals surface area contributed by atoms with Crippen molar-refractivity contribution in [3.8, 4) is 0 Å². The molecule has 0 N–H and O–H groups in total. The lowest BCUT2D eigenvalue weighted by atomic mass is 9.85. The van der Waals surface area contributed by atoms with Crippen molar-refractivity contribution in [2.45, 2.75) is 30.3 Å². The van der Waals surface area contributed by atoms with Crippen molar-refractivity contribution < 1.29 is 19.1 Å². The van der Waals surface area contributed by atoms with Gasteiger partial charge in [0, 0.05) is 0 Å². The van der Waals surface area contributed by atoms with Gasteiger partial charge in [-0.1, -0.05) is 6.92 Å². The molecule has 0 radical (unpaired) electrons. The summed E-state index contributed by atoms with van der Waals surface area (Å²) in [6.45, 7) is 2.12. The van der Waals surface area contributed by atoms with E-state index in [4.69, 9.17) is 9.47 Å². The first-order chi connectivity index (χ1) is 9.00. The second-order valence-electron chi connectivity index (χ2n) is 5.21. The van der Waals surface area contributed by atoms with Crippen LogP contribution in [-0.2, 0) is 19.1 Å². The molecule has 1 heterocycles. The van der Waals surface area contributed by atoms with E-state index in [-0.39, 0.29) is 4.08 Å². The molecule has 1 aliphatic carbocycles. The van der Waals surface area contributed by atoms with E-state index < -0.39 is 17.4 Å². The van der Waals surface area contributed by atoms with Crippen LogP contribution in [0, 0.1) is 11.3 Å². The highest BCUT2D eigenvalue weighted by Crippen LogP contribution is 2.62. The molecular weight excluding hydrogens is 284 g/mol. The van der Waals surface area contributed by atoms with Crippen molar-refractivity contribution >= 4 is 35.5 Å². The Bertz CT molecular complexity index is 361. The van der Waals surface area contributed by atoms with Crippen LogP contribution in [0.15, 0.2) is 0 Å². The summed E-state index contributed by atoms with van der Waals surface area (Å²) in [5.41, 5.74) is -1.11. The summed E-state index contributed by atoms with van der Waals surface area (Å²) in [5, 5.41) is 0. The maximum atomic E-state index is 12.2. The third-order valence-electron chi connectivity index (χ3n) is 4.09. The largest absolute Gasteiger partial charge is 0.468 e. The summed E-state index contributed by atoms with van der Waals surface area (Å²) < 4.78 is 9.73. The van der Waals surface area contributed by atoms with Crippen LogP contribution in [-0.4, -0.2) is 41.7 Å². The van der Waals surface area contributed by atoms with Gasteiger partial charge in [0.1, 0.15) is 0 Å². The highest BCUT2D eigenvalue weighted by atomic mass is 32.2. The molecule has 1 spiro atoms. The van der Waals surface area contributed by atoms with Crippen LogP contribution in [0.3, 0.4) is 0 Å². The zero-order valence-electron chi connectivity index (χ0n) is 11.6. The number of thioether (sulfide) groups is 2. The van der Waals surface area contributed by atoms with Gasteiger partial charge >= 0.3 is 11.9 Å². The van der Waals surface area contributed by atoms with Gasteiger partial charge in [-0.05, 0) is 36.7 Å². The van der Waals surface area contributed by atoms with Crippen molar-refractivity contribution in [3.05, 3.63) is 0 Å². The quantitative estimate of drug-likeness (QED) is 0.576. The summed E-state index contributed by atoms with van der Waals surface area (Å²) in [5.74, 6) is 1.58. The van der Waals surface area contributed by atoms with Crippen LogP contribution in [0.25, 0.3) is 0 Å². The van der Waals surface area contributed by atoms with Crippen LogP contribution in [0.2, 0.25) is 0 Å². The normalized spacial score (nSPS) is 28.1. The van der Waals surface area contributed by atoms with E-state index in [1.54, 1.807) is 0 Å². The summed E-state index contributed by atoms with van der Waals surface area (Å²) in [6, 6.07) is 0. The van der Waals surface area contributed by atoms with Gasteiger partial charge in [-0.15, -0.1) is 23.5 Å². The minimum absolute atomic E-state index is 0.0410. The molecule has 0 aromatic carbocycles. The lowest BCUT2D eigenvalue weighted by Gasteiger charge is -2.36. The van der Waals surface area contributed by atoms with Gasteiger partial charge in [-0.25, -0.2) is 0 Å². The monoisotopic (exact) mass is 304 g/mol. The molecule has 1 aliphatic heterocycles. The number of hydrogen-bond donors (Lipinski definition) is 0. The Labute approximate surface area is 122 Å². The summed E-state index contributed by atoms with van der Waals surface area (Å²) >= 11 is 3.77. The van der Waals surface area contributed by atoms with Crippen molar-refractivity contribution in [1.82, 2.24) is 0 Å². The molecule has 19 heavy (non-hydrogen) atoms. The molecule has 1 atom stereocenters. The number of ether oxygens (including phenoxy) is 2. The summed E-state index contributed by atoms with van der Waals surface area (Å²) in [7, 11) is 2.67. The molecule has 1 unspecified atom stereocenters. The van der Waals surface area contributed by atoms with Gasteiger partial charge < -0.3 is 9.47 Å². The van der Waals surface area contributed by atoms with Crippen molar-refractivity contribution in [1.29, 1.82) is 0 Å². The average Bonchev–Trinajstić information content (AvgIpc) is 2.72. The van der Waals surface area contributed by atoms with Crippen molar-refractivity contribution in [2.75, 3.05) is 25.7 Å². The smallest absolute Gasteiger partial charge is 0.323 e. The third-order valence-corrected chi connectivity index (χ3v) is 7.85. The first-order valence-electron chi connectivity index (χ1n) is 6.45. The van der Waals surface area contributed by atoms with E-state index in [2.05, 4.69) is 6.92 Å². The second kappa shape index (κ2) is 5.56. The van der Waals surface area contributed by atoms with E-state index >= 15 is 0 Å². The Morgan fingerprint density at radius 1 is 1.11 bits per heavy atom. The molecule has 2 aliphatic rings. The van der Waals surface area contributed by atoms with Gasteiger partial charge in [0.05, 0.1) is 18.3 Å². The zero-order chi connectivity index (χ0) is 14.1. The van der Waals surface area contributed by atoms with Crippen molar-refractivity contribution in [3.63, 3.8) is 0 Å². The molecular formula is C13H20O4S2. The number of carbonyl (C=O) groups is 2. The lowest BCUT2D eigenvalue weighted by Crippen LogP contribution is -2.40. The van der Waals surface area contributed by atoms with Crippen LogP contribution in [0.4, 0.5) is 0 Å². The molecule has 108 valence electrons. The fourth-order valence-electron chi connectivity index (χ4n) is 3.11. The number of hydrogen-bond acceptors (Lipinski definition) is 6. The highest BCUT2D eigenvalue weighted by molar-refractivity contribution is 8.18. The minimum Gasteiger partial charge on any atom is -0.468 e. The second-order valence-corrected chi connectivity index (χ2v) is 8.32. The first-order valence-corrected chi connectivity index (χ1v) is 8.42. The molecule has 0 aromatic rings. The molecule has 2 rings (SSSR count). The molecule has 1 saturated heterocycles. The Balaban J connectivity index is 2.32. The van der Waals surface area contributed by atoms with Gasteiger partial charge in [0.25, 0.3) is 0 Å². The van der Waals surface area contributed by atoms with Gasteiger partial charge in [0.2, 0.25) is 0 Å². The SMILES string of the molecule is COC(=O)C1(C(=O)OC)CC(C)C2(C1)SCCCS2. The third kappa shape index (κ3) is 2.37. The molecule has 0 amide bonds. The van der Waals surface area contributed by atoms with E-state index in [9.17, 15) is 9.59 Å². The number of carbonyl (C=O) groups excluding carboxylic acids is 2. The van der Waals surface area contributed by atoms with E-state index in [1.807, 2.05) is 23.5 Å². The topological polar surface area (TPSA) is 52.6 Å². The van der Waals surface area contributed by atoms with Crippen molar-refractivity contribution in [2.24, 2.45) is 11.3 Å². The van der Waals surface area contributed by atoms with Crippen LogP contribution < -0.4 is 0 Å². The predicted molar refractivity (Wildman–Crippen MR) is 77.1 cm³/mol. The maximum Gasteiger partial charge on any atom is 0.323 e. The number of rotatable bonds is 2. The highest BCUT2D eigenvalue weighted by Gasteiger charge is 2.62. The van der Waals surface area contributed by atoms with Gasteiger partial charge in [-0.2, -0.15) is 0 Å². The lowest BCUT2D eigenvalue weighted by molar-refractivity contribution is -0.168. The number of esters is 2. The Morgan fingerprint density at radius 3 is 2.11 bits per heavy atom. The Kier molecular flexibility index (Phi) is 4.40. The molecule has 0 bridgehead atoms. The van der Waals surface area contributed by atoms with Crippen LogP contribution >= 0.6 is 23.5 Å². The fraction of sp³-hybridized carbons (Fsp3) is 0.846. The Morgan fingerprint density at radius 2 is 1.63 bits per heavy atom. The molecule has 2 fully saturated rings. The van der Waals surface area contributed by atoms with Gasteiger partial charge in [0.15, 0.2) is 5.41 Å². The fourth-order valence-corrected chi connectivity index (χ4v) is 6.82. The van der Waals surface area contributed by atoms with Gasteiger partial charge in [-0.3, -0.25) is 9.59 Å². The Hall–Kier alpha value is -0.360.